The van der Waals surface area contributed by atoms with Gasteiger partial charge in [-0.3, -0.25) is 4.57 Å². The van der Waals surface area contributed by atoms with Gasteiger partial charge >= 0.3 is 5.69 Å². The number of nitrogens with zero attached hydrogens (tertiary/aromatic N) is 4. The highest BCUT2D eigenvalue weighted by atomic mass is 16.5. The van der Waals surface area contributed by atoms with Crippen molar-refractivity contribution in [1.82, 2.24) is 14.3 Å². The molecule has 0 aliphatic heterocycles. The van der Waals surface area contributed by atoms with E-state index in [1.807, 2.05) is 20.8 Å². The Kier molecular flexibility index (Phi) is 4.13. The van der Waals surface area contributed by atoms with Gasteiger partial charge in [-0.1, -0.05) is 6.07 Å². The van der Waals surface area contributed by atoms with Crippen molar-refractivity contribution in [3.8, 4) is 11.8 Å². The van der Waals surface area contributed by atoms with E-state index in [4.69, 9.17) is 10.00 Å². The van der Waals surface area contributed by atoms with Gasteiger partial charge in [-0.2, -0.15) is 10.4 Å². The van der Waals surface area contributed by atoms with Crippen molar-refractivity contribution in [2.75, 3.05) is 6.61 Å². The fraction of sp³-hybridized carbons (Fsp3) is 0.400. The molecule has 0 saturated carbocycles. The lowest BCUT2D eigenvalue weighted by Gasteiger charge is -2.16. The van der Waals surface area contributed by atoms with Crippen LogP contribution in [0.15, 0.2) is 35.4 Å². The minimum Gasteiger partial charge on any atom is -0.492 e. The Morgan fingerprint density at radius 2 is 2.14 bits per heavy atom. The summed E-state index contributed by atoms with van der Waals surface area (Å²) in [5, 5.41) is 12.9. The summed E-state index contributed by atoms with van der Waals surface area (Å²) >= 11 is 0. The molecule has 0 unspecified atom stereocenters. The molecule has 110 valence electrons. The van der Waals surface area contributed by atoms with Crippen molar-refractivity contribution in [3.63, 3.8) is 0 Å². The van der Waals surface area contributed by atoms with Crippen molar-refractivity contribution in [3.05, 3.63) is 46.6 Å². The van der Waals surface area contributed by atoms with Gasteiger partial charge in [0.25, 0.3) is 0 Å². The topological polar surface area (TPSA) is 72.8 Å². The fourth-order valence-corrected chi connectivity index (χ4v) is 1.87. The third-order valence-electron chi connectivity index (χ3n) is 2.93. The lowest BCUT2D eigenvalue weighted by molar-refractivity contribution is 0.292. The van der Waals surface area contributed by atoms with E-state index in [1.54, 1.807) is 24.3 Å². The summed E-state index contributed by atoms with van der Waals surface area (Å²) in [6.45, 7) is 6.53. The van der Waals surface area contributed by atoms with Crippen LogP contribution in [0.2, 0.25) is 0 Å². The fourth-order valence-electron chi connectivity index (χ4n) is 1.87. The van der Waals surface area contributed by atoms with Crippen LogP contribution in [0.25, 0.3) is 0 Å². The standard InChI is InChI=1S/C15H18N4O2/c1-15(2,3)19-14(20)18(11-17-19)7-8-21-13-6-4-5-12(9-13)10-16/h4-6,9,11H,7-8H2,1-3H3. The second kappa shape index (κ2) is 5.83. The maximum Gasteiger partial charge on any atom is 0.346 e. The van der Waals surface area contributed by atoms with E-state index < -0.39 is 0 Å². The molecule has 0 N–H and O–H groups in total. The molecule has 0 spiro atoms. The van der Waals surface area contributed by atoms with E-state index in [2.05, 4.69) is 11.2 Å². The molecular weight excluding hydrogens is 268 g/mol. The molecule has 0 aliphatic carbocycles. The number of hydrogen-bond acceptors (Lipinski definition) is 4. The Morgan fingerprint density at radius 1 is 1.38 bits per heavy atom. The predicted octanol–water partition coefficient (Wildman–Crippen LogP) is 1.75. The summed E-state index contributed by atoms with van der Waals surface area (Å²) < 4.78 is 8.52. The van der Waals surface area contributed by atoms with Crippen LogP contribution in [0.5, 0.6) is 5.75 Å². The SMILES string of the molecule is CC(C)(C)n1ncn(CCOc2cccc(C#N)c2)c1=O. The van der Waals surface area contributed by atoms with Gasteiger partial charge in [0, 0.05) is 0 Å². The zero-order valence-corrected chi connectivity index (χ0v) is 12.4. The van der Waals surface area contributed by atoms with Gasteiger partial charge in [0.2, 0.25) is 0 Å². The second-order valence-corrected chi connectivity index (χ2v) is 5.68. The van der Waals surface area contributed by atoms with E-state index in [9.17, 15) is 4.79 Å². The van der Waals surface area contributed by atoms with Gasteiger partial charge in [0.1, 0.15) is 18.7 Å². The number of nitriles is 1. The van der Waals surface area contributed by atoms with Gasteiger partial charge in [-0.05, 0) is 39.0 Å². The van der Waals surface area contributed by atoms with Crippen LogP contribution < -0.4 is 10.4 Å². The summed E-state index contributed by atoms with van der Waals surface area (Å²) in [7, 11) is 0. The molecule has 0 saturated heterocycles. The average Bonchev–Trinajstić information content (AvgIpc) is 2.80. The van der Waals surface area contributed by atoms with Gasteiger partial charge in [-0.25, -0.2) is 9.48 Å². The molecular formula is C15H18N4O2. The number of hydrogen-bond donors (Lipinski definition) is 0. The number of rotatable bonds is 4. The summed E-state index contributed by atoms with van der Waals surface area (Å²) in [5.74, 6) is 0.616. The maximum atomic E-state index is 12.1. The zero-order valence-electron chi connectivity index (χ0n) is 12.4. The van der Waals surface area contributed by atoms with Crippen LogP contribution in [0, 0.1) is 11.3 Å². The Bertz CT molecular complexity index is 716. The minimum atomic E-state index is -0.343. The minimum absolute atomic E-state index is 0.156. The molecule has 1 heterocycles. The first kappa shape index (κ1) is 14.9. The lowest BCUT2D eigenvalue weighted by atomic mass is 10.1. The van der Waals surface area contributed by atoms with Gasteiger partial charge in [0.15, 0.2) is 0 Å². The third-order valence-corrected chi connectivity index (χ3v) is 2.93. The normalized spacial score (nSPS) is 11.1. The van der Waals surface area contributed by atoms with Crippen LogP contribution in [0.1, 0.15) is 26.3 Å². The Hall–Kier alpha value is -2.55. The largest absolute Gasteiger partial charge is 0.492 e. The molecule has 0 atom stereocenters. The van der Waals surface area contributed by atoms with Crippen LogP contribution in [-0.2, 0) is 12.1 Å². The highest BCUT2D eigenvalue weighted by Crippen LogP contribution is 2.12. The molecule has 2 aromatic rings. The van der Waals surface area contributed by atoms with Crippen LogP contribution >= 0.6 is 0 Å². The Balaban J connectivity index is 2.00. The van der Waals surface area contributed by atoms with Gasteiger partial charge in [0.05, 0.1) is 23.7 Å². The lowest BCUT2D eigenvalue weighted by Crippen LogP contribution is -2.36. The first-order valence-electron chi connectivity index (χ1n) is 6.70. The molecule has 0 radical (unpaired) electrons. The van der Waals surface area contributed by atoms with Crippen LogP contribution in [0.4, 0.5) is 0 Å². The highest BCUT2D eigenvalue weighted by molar-refractivity contribution is 5.36. The molecule has 2 rings (SSSR count). The molecule has 21 heavy (non-hydrogen) atoms. The molecule has 1 aromatic heterocycles. The van der Waals surface area contributed by atoms with E-state index in [0.717, 1.165) is 0 Å². The number of aromatic nitrogens is 3. The zero-order chi connectivity index (χ0) is 15.5. The molecule has 0 fully saturated rings. The smallest absolute Gasteiger partial charge is 0.346 e. The predicted molar refractivity (Wildman–Crippen MR) is 78.1 cm³/mol. The van der Waals surface area contributed by atoms with Crippen molar-refractivity contribution < 1.29 is 4.74 Å². The monoisotopic (exact) mass is 286 g/mol. The number of ether oxygens (including phenoxy) is 1. The highest BCUT2D eigenvalue weighted by Gasteiger charge is 2.18. The maximum absolute atomic E-state index is 12.1. The summed E-state index contributed by atoms with van der Waals surface area (Å²) in [4.78, 5) is 12.1. The van der Waals surface area contributed by atoms with Crippen LogP contribution in [-0.4, -0.2) is 21.0 Å². The summed E-state index contributed by atoms with van der Waals surface area (Å²) in [6, 6.07) is 8.98. The second-order valence-electron chi connectivity index (χ2n) is 5.68. The molecule has 1 aromatic carbocycles. The summed E-state index contributed by atoms with van der Waals surface area (Å²) in [6.07, 6.45) is 1.52. The van der Waals surface area contributed by atoms with E-state index in [1.165, 1.54) is 15.6 Å². The van der Waals surface area contributed by atoms with Crippen LogP contribution in [0.3, 0.4) is 0 Å². The van der Waals surface area contributed by atoms with Gasteiger partial charge < -0.3 is 4.74 Å². The van der Waals surface area contributed by atoms with Crippen molar-refractivity contribution in [1.29, 1.82) is 5.26 Å². The van der Waals surface area contributed by atoms with Crippen molar-refractivity contribution >= 4 is 0 Å². The summed E-state index contributed by atoms with van der Waals surface area (Å²) in [5.41, 5.74) is 0.0479. The third kappa shape index (κ3) is 3.51. The van der Waals surface area contributed by atoms with E-state index in [0.29, 0.717) is 24.5 Å². The van der Waals surface area contributed by atoms with Crippen molar-refractivity contribution in [2.45, 2.75) is 32.9 Å². The van der Waals surface area contributed by atoms with Gasteiger partial charge in [-0.15, -0.1) is 0 Å². The number of benzene rings is 1. The Morgan fingerprint density at radius 3 is 2.76 bits per heavy atom. The first-order valence-corrected chi connectivity index (χ1v) is 6.70. The molecule has 6 heteroatoms. The molecule has 0 bridgehead atoms. The Labute approximate surface area is 123 Å². The van der Waals surface area contributed by atoms with E-state index in [-0.39, 0.29) is 11.2 Å². The quantitative estimate of drug-likeness (QED) is 0.858. The average molecular weight is 286 g/mol. The molecule has 0 amide bonds. The van der Waals surface area contributed by atoms with Crippen molar-refractivity contribution in [2.24, 2.45) is 0 Å². The van der Waals surface area contributed by atoms with E-state index >= 15 is 0 Å². The first-order chi connectivity index (χ1) is 9.91. The molecule has 0 aliphatic rings. The molecule has 6 nitrogen and oxygen atoms in total.